The van der Waals surface area contributed by atoms with E-state index in [0.29, 0.717) is 12.8 Å². The summed E-state index contributed by atoms with van der Waals surface area (Å²) in [6.45, 7) is 2.52. The molecule has 0 aliphatic heterocycles. The average molecular weight is 501 g/mol. The number of carbonyl (C=O) groups is 6. The number of ether oxygens (including phenoxy) is 4. The van der Waals surface area contributed by atoms with Gasteiger partial charge in [-0.2, -0.15) is 0 Å². The fourth-order valence-electron chi connectivity index (χ4n) is 11.8. The molecule has 8 aliphatic rings. The largest absolute Gasteiger partial charge is 0.469 e. The lowest BCUT2D eigenvalue weighted by Gasteiger charge is -2.56. The smallest absolute Gasteiger partial charge is 0.313 e. The Morgan fingerprint density at radius 3 is 1.33 bits per heavy atom. The van der Waals surface area contributed by atoms with Crippen LogP contribution in [0, 0.1) is 70.0 Å². The predicted molar refractivity (Wildman–Crippen MR) is 114 cm³/mol. The van der Waals surface area contributed by atoms with Gasteiger partial charge in [-0.1, -0.05) is 0 Å². The molecule has 36 heavy (non-hydrogen) atoms. The molecular weight excluding hydrogens is 472 g/mol. The Hall–Kier alpha value is -2.78. The number of hydrogen-bond acceptors (Lipinski definition) is 10. The predicted octanol–water partition coefficient (Wildman–Crippen LogP) is 0.344. The Morgan fingerprint density at radius 1 is 0.667 bits per heavy atom. The van der Waals surface area contributed by atoms with Gasteiger partial charge < -0.3 is 18.9 Å². The van der Waals surface area contributed by atoms with Gasteiger partial charge in [-0.25, -0.2) is 0 Å². The number of carbonyl (C=O) groups excluding carboxylic acids is 6. The highest BCUT2D eigenvalue weighted by Crippen LogP contribution is 2.97. The minimum Gasteiger partial charge on any atom is -0.469 e. The number of rotatable bonds is 4. The maximum absolute atomic E-state index is 13.9. The van der Waals surface area contributed by atoms with Gasteiger partial charge in [0.2, 0.25) is 0 Å². The van der Waals surface area contributed by atoms with Crippen molar-refractivity contribution >= 4 is 35.4 Å². The summed E-state index contributed by atoms with van der Waals surface area (Å²) < 4.78 is 21.5. The van der Waals surface area contributed by atoms with Crippen molar-refractivity contribution in [3.05, 3.63) is 0 Å². The van der Waals surface area contributed by atoms with Crippen LogP contribution in [0.3, 0.4) is 0 Å². The van der Waals surface area contributed by atoms with E-state index in [1.165, 1.54) is 28.1 Å². The molecule has 8 aliphatic carbocycles. The first kappa shape index (κ1) is 22.4. The van der Waals surface area contributed by atoms with Gasteiger partial charge in [0.1, 0.15) is 0 Å². The number of ketones is 2. The molecule has 8 fully saturated rings. The zero-order chi connectivity index (χ0) is 25.6. The molecule has 14 atom stereocenters. The van der Waals surface area contributed by atoms with E-state index in [-0.39, 0.29) is 47.1 Å². The minimum absolute atomic E-state index is 0.0824. The third-order valence-electron chi connectivity index (χ3n) is 11.4. The van der Waals surface area contributed by atoms with Crippen LogP contribution in [0.2, 0.25) is 0 Å². The summed E-state index contributed by atoms with van der Waals surface area (Å²) in [6, 6.07) is 0. The first-order chi connectivity index (χ1) is 17.1. The van der Waals surface area contributed by atoms with Crippen molar-refractivity contribution in [3.63, 3.8) is 0 Å². The van der Waals surface area contributed by atoms with Gasteiger partial charge in [0.05, 0.1) is 25.0 Å². The Morgan fingerprint density at radius 2 is 1.03 bits per heavy atom. The van der Waals surface area contributed by atoms with Gasteiger partial charge in [0.25, 0.3) is 0 Å². The average Bonchev–Trinajstić information content (AvgIpc) is 3.65. The number of fused-ring (bicyclic) bond motifs is 2. The van der Waals surface area contributed by atoms with Crippen molar-refractivity contribution in [2.75, 3.05) is 14.2 Å². The third-order valence-corrected chi connectivity index (χ3v) is 11.4. The van der Waals surface area contributed by atoms with Gasteiger partial charge in [-0.05, 0) is 60.2 Å². The third kappa shape index (κ3) is 1.91. The first-order valence-corrected chi connectivity index (χ1v) is 12.7. The lowest BCUT2D eigenvalue weighted by molar-refractivity contribution is -0.208. The molecule has 10 heteroatoms. The Balaban J connectivity index is 1.41. The van der Waals surface area contributed by atoms with Crippen LogP contribution in [-0.4, -0.2) is 61.9 Å². The van der Waals surface area contributed by atoms with Crippen LogP contribution in [0.25, 0.3) is 0 Å². The molecule has 0 saturated heterocycles. The highest BCUT2D eigenvalue weighted by atomic mass is 16.6. The highest BCUT2D eigenvalue weighted by molar-refractivity contribution is 6.01. The summed E-state index contributed by atoms with van der Waals surface area (Å²) in [7, 11) is 2.59. The molecule has 8 bridgehead atoms. The van der Waals surface area contributed by atoms with Gasteiger partial charge in [-0.15, -0.1) is 0 Å². The van der Waals surface area contributed by atoms with Gasteiger partial charge in [0, 0.05) is 25.7 Å². The van der Waals surface area contributed by atoms with Crippen molar-refractivity contribution in [3.8, 4) is 0 Å². The number of Topliss-reactive ketones (excluding diaryl/α,β-unsaturated/α-hetero) is 2. The summed E-state index contributed by atoms with van der Waals surface area (Å²) in [5.74, 6) is -5.69. The highest BCUT2D eigenvalue weighted by Gasteiger charge is 3.02. The number of methoxy groups -OCH3 is 2. The normalized spacial score (nSPS) is 53.6. The molecule has 0 aromatic heterocycles. The van der Waals surface area contributed by atoms with Crippen LogP contribution in [0.15, 0.2) is 0 Å². The monoisotopic (exact) mass is 500 g/mol. The van der Waals surface area contributed by atoms with Crippen LogP contribution >= 0.6 is 0 Å². The van der Waals surface area contributed by atoms with E-state index in [4.69, 9.17) is 18.9 Å². The van der Waals surface area contributed by atoms with Gasteiger partial charge >= 0.3 is 23.9 Å². The molecule has 0 amide bonds. The fourth-order valence-corrected chi connectivity index (χ4v) is 11.8. The molecular formula is C26H28O10. The first-order valence-electron chi connectivity index (χ1n) is 12.7. The Bertz CT molecular complexity index is 1090. The van der Waals surface area contributed by atoms with Crippen LogP contribution < -0.4 is 0 Å². The molecule has 10 nitrogen and oxygen atoms in total. The summed E-state index contributed by atoms with van der Waals surface area (Å²) in [6.07, 6.45) is -1.18. The second-order valence-corrected chi connectivity index (χ2v) is 11.8. The fraction of sp³-hybridized carbons (Fsp3) is 0.769. The van der Waals surface area contributed by atoms with Gasteiger partial charge in [0.15, 0.2) is 23.8 Å². The molecule has 0 spiro atoms. The van der Waals surface area contributed by atoms with E-state index in [0.717, 1.165) is 0 Å². The van der Waals surface area contributed by atoms with Crippen molar-refractivity contribution < 1.29 is 47.7 Å². The lowest BCUT2D eigenvalue weighted by atomic mass is 9.43. The standard InChI is InChI=1S/C26H28O10/c1-7(27)35-11-5-9-13(21(11)29)19-15-16-18-10-6-12(36-8(2)28)22(30)14(10)20(16)25(17(9)15,23(31)33-3)26(18,19)24(32)34-4/h9-20H,5-6H2,1-4H3/t9-,10+,11-,12+,13-,14+,15+,16-,17-,18+,19-,20+,25+,26-. The SMILES string of the molecule is COC(=O)[C@]12[C@@H]3[C@@H]4C(=O)[C@H](OC(C)=O)C[C@H]4[C@@H]4[C@@H]3[C@@H]3[C@@H]1[C@H]1C[C@H](OC(C)=O)C(=O)[C@@H]1[C@@H]3[C@]42C(=O)OC. The van der Waals surface area contributed by atoms with E-state index in [2.05, 4.69) is 0 Å². The summed E-state index contributed by atoms with van der Waals surface area (Å²) in [5.41, 5.74) is -2.57. The summed E-state index contributed by atoms with van der Waals surface area (Å²) in [4.78, 5) is 78.3. The zero-order valence-corrected chi connectivity index (χ0v) is 20.4. The van der Waals surface area contributed by atoms with Crippen LogP contribution in [-0.2, 0) is 47.7 Å². The molecule has 192 valence electrons. The quantitative estimate of drug-likeness (QED) is 0.392. The number of hydrogen-bond donors (Lipinski definition) is 0. The zero-order valence-electron chi connectivity index (χ0n) is 20.4. The second-order valence-electron chi connectivity index (χ2n) is 11.8. The van der Waals surface area contributed by atoms with E-state index < -0.39 is 70.6 Å². The molecule has 0 N–H and O–H groups in total. The van der Waals surface area contributed by atoms with Crippen molar-refractivity contribution in [1.82, 2.24) is 0 Å². The molecule has 8 saturated carbocycles. The van der Waals surface area contributed by atoms with Crippen LogP contribution in [0.1, 0.15) is 26.7 Å². The lowest BCUT2D eigenvalue weighted by Crippen LogP contribution is -2.66. The van der Waals surface area contributed by atoms with E-state index in [9.17, 15) is 28.8 Å². The molecule has 0 radical (unpaired) electrons. The van der Waals surface area contributed by atoms with Crippen LogP contribution in [0.4, 0.5) is 0 Å². The van der Waals surface area contributed by atoms with E-state index in [1.807, 2.05) is 0 Å². The van der Waals surface area contributed by atoms with Crippen molar-refractivity contribution in [2.24, 2.45) is 70.0 Å². The molecule has 0 aromatic carbocycles. The summed E-state index contributed by atoms with van der Waals surface area (Å²) in [5, 5.41) is 0. The molecule has 0 aromatic rings. The molecule has 0 heterocycles. The topological polar surface area (TPSA) is 139 Å². The maximum Gasteiger partial charge on any atom is 0.313 e. The molecule has 8 rings (SSSR count). The minimum atomic E-state index is -1.28. The van der Waals surface area contributed by atoms with E-state index in [1.54, 1.807) is 0 Å². The van der Waals surface area contributed by atoms with Gasteiger partial charge in [-0.3, -0.25) is 28.8 Å². The molecule has 0 unspecified atom stereocenters. The Labute approximate surface area is 206 Å². The van der Waals surface area contributed by atoms with Crippen molar-refractivity contribution in [1.29, 1.82) is 0 Å². The van der Waals surface area contributed by atoms with E-state index >= 15 is 0 Å². The maximum atomic E-state index is 13.9. The van der Waals surface area contributed by atoms with Crippen molar-refractivity contribution in [2.45, 2.75) is 38.9 Å². The summed E-state index contributed by atoms with van der Waals surface area (Å²) >= 11 is 0. The Kier molecular flexibility index (Phi) is 4.08. The van der Waals surface area contributed by atoms with Crippen LogP contribution in [0.5, 0.6) is 0 Å². The number of esters is 4. The second kappa shape index (κ2) is 6.55.